The van der Waals surface area contributed by atoms with E-state index in [2.05, 4.69) is 10.6 Å². The number of likely N-dealkylation sites (tertiary alicyclic amines) is 1. The van der Waals surface area contributed by atoms with E-state index in [1.807, 2.05) is 0 Å². The third-order valence-electron chi connectivity index (χ3n) is 7.10. The SMILES string of the molecule is CC(=O)C(C(=O)[C@H](CC(=O)O)NC(=O)[C@H](CC(C)C)NC(=O)[C@@H]1CCCN1C(=O)CN)c1cc2ccccc2oc1=O. The minimum atomic E-state index is -1.71. The molecule has 3 amide bonds. The molecule has 2 heterocycles. The lowest BCUT2D eigenvalue weighted by Gasteiger charge is -2.28. The minimum absolute atomic E-state index is 0.104. The molecule has 1 aromatic heterocycles. The topological polar surface area (TPSA) is 206 Å². The van der Waals surface area contributed by atoms with Crippen LogP contribution < -0.4 is 22.0 Å². The van der Waals surface area contributed by atoms with Gasteiger partial charge in [-0.3, -0.25) is 28.8 Å². The van der Waals surface area contributed by atoms with E-state index in [0.29, 0.717) is 24.8 Å². The summed E-state index contributed by atoms with van der Waals surface area (Å²) in [7, 11) is 0. The zero-order chi connectivity index (χ0) is 31.1. The van der Waals surface area contributed by atoms with Crippen molar-refractivity contribution in [2.45, 2.75) is 70.5 Å². The second kappa shape index (κ2) is 14.0. The second-order valence-corrected chi connectivity index (χ2v) is 10.8. The van der Waals surface area contributed by atoms with Crippen molar-refractivity contribution in [2.75, 3.05) is 13.1 Å². The monoisotopic (exact) mass is 584 g/mol. The van der Waals surface area contributed by atoms with E-state index in [4.69, 9.17) is 10.2 Å². The zero-order valence-corrected chi connectivity index (χ0v) is 23.8. The Hall–Kier alpha value is -4.39. The number of hydrogen-bond donors (Lipinski definition) is 4. The summed E-state index contributed by atoms with van der Waals surface area (Å²) in [5.74, 6) is -6.83. The molecule has 5 N–H and O–H groups in total. The van der Waals surface area contributed by atoms with Gasteiger partial charge in [-0.2, -0.15) is 0 Å². The maximum atomic E-state index is 13.6. The molecule has 13 nitrogen and oxygen atoms in total. The van der Waals surface area contributed by atoms with E-state index in [1.165, 1.54) is 11.0 Å². The lowest BCUT2D eigenvalue weighted by atomic mass is 9.87. The summed E-state index contributed by atoms with van der Waals surface area (Å²) in [5, 5.41) is 15.0. The van der Waals surface area contributed by atoms with Crippen LogP contribution in [0.1, 0.15) is 57.9 Å². The molecule has 0 saturated carbocycles. The van der Waals surface area contributed by atoms with Gasteiger partial charge in [0.25, 0.3) is 0 Å². The standard InChI is InChI=1S/C29H36N4O9/c1-15(2)11-20(32-28(40)21-8-6-10-33(21)23(35)14-30)27(39)31-19(13-24(36)37)26(38)25(16(3)34)18-12-17-7-4-5-9-22(17)42-29(18)41/h4-5,7,9,12,15,19-21,25H,6,8,10-11,13-14,30H2,1-3H3,(H,31,39)(H,32,40)(H,36,37)/t19-,20-,21-,25?/m0/s1. The molecule has 0 spiro atoms. The van der Waals surface area contributed by atoms with Crippen LogP contribution in [0.25, 0.3) is 11.0 Å². The van der Waals surface area contributed by atoms with Crippen LogP contribution in [0.15, 0.2) is 39.5 Å². The van der Waals surface area contributed by atoms with E-state index < -0.39 is 71.3 Å². The summed E-state index contributed by atoms with van der Waals surface area (Å²) >= 11 is 0. The Kier molecular flexibility index (Phi) is 10.7. The van der Waals surface area contributed by atoms with E-state index >= 15 is 0 Å². The molecule has 1 aliphatic heterocycles. The lowest BCUT2D eigenvalue weighted by molar-refractivity contribution is -0.142. The van der Waals surface area contributed by atoms with Crippen molar-refractivity contribution in [3.05, 3.63) is 46.3 Å². The molecule has 0 aliphatic carbocycles. The second-order valence-electron chi connectivity index (χ2n) is 10.8. The summed E-state index contributed by atoms with van der Waals surface area (Å²) in [6, 6.07) is 4.09. The van der Waals surface area contributed by atoms with Crippen molar-refractivity contribution in [1.82, 2.24) is 15.5 Å². The summed E-state index contributed by atoms with van der Waals surface area (Å²) in [6.45, 7) is 4.76. The number of benzene rings is 1. The van der Waals surface area contributed by atoms with Gasteiger partial charge in [0, 0.05) is 11.9 Å². The van der Waals surface area contributed by atoms with Crippen LogP contribution in [0.5, 0.6) is 0 Å². The highest BCUT2D eigenvalue weighted by molar-refractivity contribution is 6.11. The third kappa shape index (κ3) is 7.66. The Labute approximate surface area is 241 Å². The van der Waals surface area contributed by atoms with Crippen molar-refractivity contribution in [2.24, 2.45) is 11.7 Å². The first-order chi connectivity index (χ1) is 19.8. The summed E-state index contributed by atoms with van der Waals surface area (Å²) in [5.41, 5.74) is 4.47. The van der Waals surface area contributed by atoms with Gasteiger partial charge in [-0.05, 0) is 44.2 Å². The van der Waals surface area contributed by atoms with Crippen LogP contribution in [0.3, 0.4) is 0 Å². The van der Waals surface area contributed by atoms with Gasteiger partial charge in [0.15, 0.2) is 5.78 Å². The number of carboxylic acids is 1. The third-order valence-corrected chi connectivity index (χ3v) is 7.10. The first-order valence-electron chi connectivity index (χ1n) is 13.7. The molecule has 3 rings (SSSR count). The number of para-hydroxylation sites is 1. The van der Waals surface area contributed by atoms with E-state index in [9.17, 15) is 38.7 Å². The molecule has 1 aromatic carbocycles. The molecule has 1 aliphatic rings. The maximum Gasteiger partial charge on any atom is 0.340 e. The Balaban J connectivity index is 1.89. The van der Waals surface area contributed by atoms with Gasteiger partial charge < -0.3 is 30.8 Å². The molecule has 4 atom stereocenters. The van der Waals surface area contributed by atoms with Gasteiger partial charge in [-0.1, -0.05) is 32.0 Å². The van der Waals surface area contributed by atoms with Gasteiger partial charge in [-0.25, -0.2) is 4.79 Å². The van der Waals surface area contributed by atoms with Crippen molar-refractivity contribution in [1.29, 1.82) is 0 Å². The fourth-order valence-corrected chi connectivity index (χ4v) is 5.15. The molecular formula is C29H36N4O9. The summed E-state index contributed by atoms with van der Waals surface area (Å²) in [4.78, 5) is 90.9. The predicted molar refractivity (Wildman–Crippen MR) is 150 cm³/mol. The fraction of sp³-hybridized carbons (Fsp3) is 0.483. The number of carboxylic acid groups (broad SMARTS) is 1. The number of Topliss-reactive ketones (excluding diaryl/α,β-unsaturated/α-hetero) is 2. The van der Waals surface area contributed by atoms with Gasteiger partial charge in [0.05, 0.1) is 24.6 Å². The minimum Gasteiger partial charge on any atom is -0.481 e. The van der Waals surface area contributed by atoms with Crippen LogP contribution in [-0.2, 0) is 28.8 Å². The Morgan fingerprint density at radius 3 is 2.40 bits per heavy atom. The molecule has 13 heteroatoms. The molecular weight excluding hydrogens is 548 g/mol. The highest BCUT2D eigenvalue weighted by atomic mass is 16.4. The number of hydrogen-bond acceptors (Lipinski definition) is 9. The molecule has 1 fully saturated rings. The number of nitrogens with one attached hydrogen (secondary N) is 2. The van der Waals surface area contributed by atoms with Gasteiger partial charge >= 0.3 is 11.6 Å². The van der Waals surface area contributed by atoms with Crippen LogP contribution in [0.4, 0.5) is 0 Å². The number of nitrogens with two attached hydrogens (primary N) is 1. The number of rotatable bonds is 13. The molecule has 0 radical (unpaired) electrons. The summed E-state index contributed by atoms with van der Waals surface area (Å²) < 4.78 is 5.28. The van der Waals surface area contributed by atoms with Crippen molar-refractivity contribution >= 4 is 46.2 Å². The first-order valence-corrected chi connectivity index (χ1v) is 13.7. The highest BCUT2D eigenvalue weighted by Gasteiger charge is 2.39. The summed E-state index contributed by atoms with van der Waals surface area (Å²) in [6.07, 6.45) is 0.210. The molecule has 226 valence electrons. The average Bonchev–Trinajstić information content (AvgIpc) is 3.42. The number of aliphatic carboxylic acids is 1. The Bertz CT molecular complexity index is 1430. The van der Waals surface area contributed by atoms with Gasteiger partial charge in [-0.15, -0.1) is 0 Å². The molecule has 0 bridgehead atoms. The Morgan fingerprint density at radius 2 is 1.79 bits per heavy atom. The maximum absolute atomic E-state index is 13.6. The normalized spacial score (nSPS) is 17.0. The smallest absolute Gasteiger partial charge is 0.340 e. The largest absolute Gasteiger partial charge is 0.481 e. The van der Waals surface area contributed by atoms with Gasteiger partial charge in [0.1, 0.15) is 29.4 Å². The molecule has 1 saturated heterocycles. The average molecular weight is 585 g/mol. The lowest BCUT2D eigenvalue weighted by Crippen LogP contribution is -2.56. The van der Waals surface area contributed by atoms with Crippen molar-refractivity contribution < 1.29 is 38.3 Å². The Morgan fingerprint density at radius 1 is 1.10 bits per heavy atom. The van der Waals surface area contributed by atoms with Crippen LogP contribution in [-0.4, -0.2) is 76.5 Å². The molecule has 1 unspecified atom stereocenters. The fourth-order valence-electron chi connectivity index (χ4n) is 5.15. The van der Waals surface area contributed by atoms with Crippen LogP contribution in [0, 0.1) is 5.92 Å². The molecule has 2 aromatic rings. The van der Waals surface area contributed by atoms with E-state index in [0.717, 1.165) is 6.92 Å². The number of carbonyl (C=O) groups is 6. The van der Waals surface area contributed by atoms with Crippen LogP contribution in [0.2, 0.25) is 0 Å². The number of carbonyl (C=O) groups excluding carboxylic acids is 5. The van der Waals surface area contributed by atoms with Gasteiger partial charge in [0.2, 0.25) is 17.7 Å². The number of fused-ring (bicyclic) bond motifs is 1. The zero-order valence-electron chi connectivity index (χ0n) is 23.8. The van der Waals surface area contributed by atoms with Crippen LogP contribution >= 0.6 is 0 Å². The van der Waals surface area contributed by atoms with Crippen molar-refractivity contribution in [3.8, 4) is 0 Å². The first kappa shape index (κ1) is 32.1. The van der Waals surface area contributed by atoms with E-state index in [1.54, 1.807) is 38.1 Å². The van der Waals surface area contributed by atoms with E-state index in [-0.39, 0.29) is 30.0 Å². The molecule has 42 heavy (non-hydrogen) atoms. The number of nitrogens with zero attached hydrogens (tertiary/aromatic N) is 1. The quantitative estimate of drug-likeness (QED) is 0.189. The highest BCUT2D eigenvalue weighted by Crippen LogP contribution is 2.23. The number of ketones is 2. The number of amides is 3. The predicted octanol–water partition coefficient (Wildman–Crippen LogP) is 0.475. The van der Waals surface area contributed by atoms with Crippen molar-refractivity contribution in [3.63, 3.8) is 0 Å².